The Kier molecular flexibility index (Phi) is 4.87. The van der Waals surface area contributed by atoms with E-state index in [0.29, 0.717) is 0 Å². The van der Waals surface area contributed by atoms with Crippen molar-refractivity contribution in [3.8, 4) is 0 Å². The summed E-state index contributed by atoms with van der Waals surface area (Å²) >= 11 is 0. The molecule has 1 aliphatic rings. The van der Waals surface area contributed by atoms with Crippen LogP contribution in [0.2, 0.25) is 0 Å². The van der Waals surface area contributed by atoms with Gasteiger partial charge < -0.3 is 4.74 Å². The number of nitrogens with one attached hydrogen (secondary N) is 1. The number of carbonyl (C=O) groups is 3. The summed E-state index contributed by atoms with van der Waals surface area (Å²) in [7, 11) is 0. The lowest BCUT2D eigenvalue weighted by Crippen LogP contribution is -2.23. The third-order valence-corrected chi connectivity index (χ3v) is 3.13. The molecule has 0 saturated carbocycles. The molecule has 21 heavy (non-hydrogen) atoms. The molecular weight excluding hydrogens is 270 g/mol. The van der Waals surface area contributed by atoms with Gasteiger partial charge in [-0.1, -0.05) is 37.6 Å². The first-order chi connectivity index (χ1) is 10.1. The third kappa shape index (κ3) is 4.27. The number of hydrogen-bond acceptors (Lipinski definition) is 4. The number of hydrogen-bond donors (Lipinski definition) is 1. The number of amides is 2. The predicted molar refractivity (Wildman–Crippen MR) is 76.1 cm³/mol. The van der Waals surface area contributed by atoms with Crippen molar-refractivity contribution in [3.63, 3.8) is 0 Å². The van der Waals surface area contributed by atoms with Gasteiger partial charge in [-0.2, -0.15) is 0 Å². The van der Waals surface area contributed by atoms with Gasteiger partial charge in [0.2, 0.25) is 0 Å². The van der Waals surface area contributed by atoms with Crippen LogP contribution in [0.15, 0.2) is 35.9 Å². The van der Waals surface area contributed by atoms with Crippen LogP contribution in [0.25, 0.3) is 0 Å². The quantitative estimate of drug-likeness (QED) is 0.638. The Morgan fingerprint density at radius 1 is 1.14 bits per heavy atom. The fraction of sp³-hybridized carbons (Fsp3) is 0.312. The summed E-state index contributed by atoms with van der Waals surface area (Å²) in [6.45, 7) is 2.28. The van der Waals surface area contributed by atoms with Gasteiger partial charge in [-0.15, -0.1) is 0 Å². The van der Waals surface area contributed by atoms with Crippen LogP contribution in [-0.4, -0.2) is 17.8 Å². The normalized spacial score (nSPS) is 13.9. The number of ether oxygens (including phenoxy) is 1. The van der Waals surface area contributed by atoms with Gasteiger partial charge in [-0.05, 0) is 17.5 Å². The highest BCUT2D eigenvalue weighted by Gasteiger charge is 2.23. The first-order valence-corrected chi connectivity index (χ1v) is 6.88. The maximum atomic E-state index is 11.6. The summed E-state index contributed by atoms with van der Waals surface area (Å²) < 4.78 is 5.10. The molecule has 0 spiro atoms. The molecule has 1 aliphatic heterocycles. The fourth-order valence-corrected chi connectivity index (χ4v) is 2.04. The smallest absolute Gasteiger partial charge is 0.310 e. The minimum Gasteiger partial charge on any atom is -0.461 e. The Bertz CT molecular complexity index is 587. The van der Waals surface area contributed by atoms with Gasteiger partial charge in [0.25, 0.3) is 11.8 Å². The molecule has 2 rings (SSSR count). The van der Waals surface area contributed by atoms with Gasteiger partial charge in [0, 0.05) is 11.6 Å². The summed E-state index contributed by atoms with van der Waals surface area (Å²) in [6.07, 6.45) is 3.05. The van der Waals surface area contributed by atoms with E-state index in [1.54, 1.807) is 0 Å². The molecule has 1 aromatic carbocycles. The highest BCUT2D eigenvalue weighted by molar-refractivity contribution is 6.17. The molecule has 5 heteroatoms. The van der Waals surface area contributed by atoms with Crippen LogP contribution in [-0.2, 0) is 32.1 Å². The van der Waals surface area contributed by atoms with E-state index < -0.39 is 17.8 Å². The molecule has 0 saturated heterocycles. The molecular formula is C16H17NO4. The summed E-state index contributed by atoms with van der Waals surface area (Å²) in [5.74, 6) is -1.54. The fourth-order valence-electron chi connectivity index (χ4n) is 2.04. The molecule has 0 bridgehead atoms. The highest BCUT2D eigenvalue weighted by Crippen LogP contribution is 2.11. The molecule has 1 heterocycles. The van der Waals surface area contributed by atoms with E-state index in [9.17, 15) is 14.4 Å². The van der Waals surface area contributed by atoms with Crippen LogP contribution in [0.3, 0.4) is 0 Å². The molecule has 1 aromatic rings. The summed E-state index contributed by atoms with van der Waals surface area (Å²) in [6, 6.07) is 7.86. The Labute approximate surface area is 123 Å². The zero-order valence-electron chi connectivity index (χ0n) is 11.8. The Morgan fingerprint density at radius 3 is 2.38 bits per heavy atom. The second-order valence-electron chi connectivity index (χ2n) is 4.89. The number of carbonyl (C=O) groups excluding carboxylic acids is 3. The third-order valence-electron chi connectivity index (χ3n) is 3.13. The van der Waals surface area contributed by atoms with Crippen molar-refractivity contribution >= 4 is 17.8 Å². The molecule has 0 atom stereocenters. The van der Waals surface area contributed by atoms with Crippen LogP contribution >= 0.6 is 0 Å². The number of benzene rings is 1. The largest absolute Gasteiger partial charge is 0.461 e. The lowest BCUT2D eigenvalue weighted by Gasteiger charge is -2.06. The first-order valence-electron chi connectivity index (χ1n) is 6.88. The Hall–Kier alpha value is -2.43. The number of aryl methyl sites for hydroxylation is 1. The second-order valence-corrected chi connectivity index (χ2v) is 4.89. The maximum Gasteiger partial charge on any atom is 0.310 e. The van der Waals surface area contributed by atoms with Gasteiger partial charge in [0.05, 0.1) is 6.42 Å². The van der Waals surface area contributed by atoms with Gasteiger partial charge >= 0.3 is 5.97 Å². The SMILES string of the molecule is CCCc1ccc(COC(=O)CC2=CC(=O)NC2=O)cc1. The monoisotopic (exact) mass is 287 g/mol. The van der Waals surface area contributed by atoms with Gasteiger partial charge in [-0.3, -0.25) is 19.7 Å². The summed E-state index contributed by atoms with van der Waals surface area (Å²) in [5.41, 5.74) is 2.28. The minimum absolute atomic E-state index is 0.142. The van der Waals surface area contributed by atoms with E-state index in [0.717, 1.165) is 24.5 Å². The number of imide groups is 1. The lowest BCUT2D eigenvalue weighted by atomic mass is 10.1. The number of rotatable bonds is 6. The van der Waals surface area contributed by atoms with E-state index in [2.05, 4.69) is 12.2 Å². The number of esters is 1. The van der Waals surface area contributed by atoms with Crippen LogP contribution in [0.1, 0.15) is 30.9 Å². The van der Waals surface area contributed by atoms with Crippen molar-refractivity contribution in [2.24, 2.45) is 0 Å². The van der Waals surface area contributed by atoms with E-state index in [1.807, 2.05) is 24.3 Å². The molecule has 0 fully saturated rings. The molecule has 0 radical (unpaired) electrons. The van der Waals surface area contributed by atoms with E-state index >= 15 is 0 Å². The van der Waals surface area contributed by atoms with Crippen molar-refractivity contribution in [2.75, 3.05) is 0 Å². The van der Waals surface area contributed by atoms with E-state index in [1.165, 1.54) is 5.56 Å². The molecule has 5 nitrogen and oxygen atoms in total. The zero-order chi connectivity index (χ0) is 15.2. The van der Waals surface area contributed by atoms with Crippen molar-refractivity contribution in [1.82, 2.24) is 5.32 Å². The van der Waals surface area contributed by atoms with E-state index in [4.69, 9.17) is 4.74 Å². The Balaban J connectivity index is 1.82. The topological polar surface area (TPSA) is 72.5 Å². The van der Waals surface area contributed by atoms with Crippen molar-refractivity contribution < 1.29 is 19.1 Å². The maximum absolute atomic E-state index is 11.6. The average Bonchev–Trinajstić information content (AvgIpc) is 2.76. The van der Waals surface area contributed by atoms with Gasteiger partial charge in [0.1, 0.15) is 6.61 Å². The molecule has 0 aromatic heterocycles. The Morgan fingerprint density at radius 2 is 1.81 bits per heavy atom. The van der Waals surface area contributed by atoms with Crippen LogP contribution in [0.4, 0.5) is 0 Å². The second kappa shape index (κ2) is 6.83. The first kappa shape index (κ1) is 15.0. The lowest BCUT2D eigenvalue weighted by molar-refractivity contribution is -0.144. The van der Waals surface area contributed by atoms with Crippen LogP contribution in [0, 0.1) is 0 Å². The minimum atomic E-state index is -0.527. The standard InChI is InChI=1S/C16H17NO4/c1-2-3-11-4-6-12(7-5-11)10-21-15(19)9-13-8-14(18)17-16(13)20/h4-8H,2-3,9-10H2,1H3,(H,17,18,20). The van der Waals surface area contributed by atoms with Crippen molar-refractivity contribution in [1.29, 1.82) is 0 Å². The van der Waals surface area contributed by atoms with Crippen molar-refractivity contribution in [2.45, 2.75) is 32.8 Å². The summed E-state index contributed by atoms with van der Waals surface area (Å²) in [4.78, 5) is 33.9. The van der Waals surface area contributed by atoms with Crippen LogP contribution in [0.5, 0.6) is 0 Å². The summed E-state index contributed by atoms with van der Waals surface area (Å²) in [5, 5.41) is 2.09. The molecule has 0 aliphatic carbocycles. The highest BCUT2D eigenvalue weighted by atomic mass is 16.5. The predicted octanol–water partition coefficient (Wildman–Crippen LogP) is 1.66. The van der Waals surface area contributed by atoms with Crippen molar-refractivity contribution in [3.05, 3.63) is 47.0 Å². The zero-order valence-corrected chi connectivity index (χ0v) is 11.8. The molecule has 2 amide bonds. The molecule has 110 valence electrons. The van der Waals surface area contributed by atoms with E-state index in [-0.39, 0.29) is 18.6 Å². The molecule has 0 unspecified atom stereocenters. The average molecular weight is 287 g/mol. The van der Waals surface area contributed by atoms with Gasteiger partial charge in [0.15, 0.2) is 0 Å². The molecule has 1 N–H and O–H groups in total. The van der Waals surface area contributed by atoms with Gasteiger partial charge in [-0.25, -0.2) is 0 Å². The van der Waals surface area contributed by atoms with Crippen LogP contribution < -0.4 is 5.32 Å².